The molecule has 1 unspecified atom stereocenters. The van der Waals surface area contributed by atoms with Crippen LogP contribution in [-0.2, 0) is 4.79 Å². The lowest BCUT2D eigenvalue weighted by atomic mass is 10.1. The van der Waals surface area contributed by atoms with E-state index in [-0.39, 0.29) is 18.2 Å². The predicted molar refractivity (Wildman–Crippen MR) is 66.0 cm³/mol. The van der Waals surface area contributed by atoms with Crippen LogP contribution in [0.1, 0.15) is 31.9 Å². The summed E-state index contributed by atoms with van der Waals surface area (Å²) in [6.45, 7) is 4.71. The number of hydrogen-bond donors (Lipinski definition) is 2. The van der Waals surface area contributed by atoms with Crippen LogP contribution < -0.4 is 0 Å². The number of aliphatic carboxylic acids is 1. The van der Waals surface area contributed by atoms with Gasteiger partial charge >= 0.3 is 5.97 Å². The van der Waals surface area contributed by atoms with E-state index in [1.807, 2.05) is 18.7 Å². The van der Waals surface area contributed by atoms with E-state index in [2.05, 4.69) is 0 Å². The molecule has 0 fully saturated rings. The van der Waals surface area contributed by atoms with Crippen LogP contribution in [0.4, 0.5) is 4.39 Å². The van der Waals surface area contributed by atoms with Crippen molar-refractivity contribution in [2.45, 2.75) is 26.3 Å². The molecule has 1 aromatic rings. The van der Waals surface area contributed by atoms with E-state index >= 15 is 0 Å². The Hall–Kier alpha value is -1.62. The summed E-state index contributed by atoms with van der Waals surface area (Å²) in [5, 5.41) is 18.4. The third-order valence-corrected chi connectivity index (χ3v) is 3.01. The third kappa shape index (κ3) is 3.70. The molecule has 0 bridgehead atoms. The minimum atomic E-state index is -0.871. The molecule has 2 N–H and O–H groups in total. The molecule has 0 saturated carbocycles. The Bertz CT molecular complexity index is 423. The van der Waals surface area contributed by atoms with Gasteiger partial charge in [-0.15, -0.1) is 0 Å². The highest BCUT2D eigenvalue weighted by Crippen LogP contribution is 2.28. The number of carbonyl (C=O) groups is 1. The number of hydrogen-bond acceptors (Lipinski definition) is 3. The normalized spacial score (nSPS) is 12.7. The summed E-state index contributed by atoms with van der Waals surface area (Å²) in [6.07, 6.45) is 0.0221. The van der Waals surface area contributed by atoms with E-state index in [9.17, 15) is 14.3 Å². The molecule has 5 heteroatoms. The second kappa shape index (κ2) is 6.35. The number of benzene rings is 1. The minimum Gasteiger partial charge on any atom is -0.508 e. The van der Waals surface area contributed by atoms with Crippen LogP contribution >= 0.6 is 0 Å². The highest BCUT2D eigenvalue weighted by atomic mass is 19.1. The maximum absolute atomic E-state index is 13.2. The second-order valence-corrected chi connectivity index (χ2v) is 4.15. The fourth-order valence-electron chi connectivity index (χ4n) is 1.92. The van der Waals surface area contributed by atoms with Gasteiger partial charge in [-0.25, -0.2) is 4.39 Å². The molecule has 0 radical (unpaired) electrons. The summed E-state index contributed by atoms with van der Waals surface area (Å²) in [7, 11) is 0. The number of carboxylic acids is 1. The van der Waals surface area contributed by atoms with Crippen molar-refractivity contribution in [1.29, 1.82) is 0 Å². The van der Waals surface area contributed by atoms with Gasteiger partial charge in [-0.2, -0.15) is 0 Å². The van der Waals surface area contributed by atoms with Crippen LogP contribution in [-0.4, -0.2) is 34.2 Å². The first-order valence-electron chi connectivity index (χ1n) is 5.90. The van der Waals surface area contributed by atoms with Crippen molar-refractivity contribution in [1.82, 2.24) is 4.90 Å². The number of phenolic OH excluding ortho intramolecular Hbond substituents is 1. The fourth-order valence-corrected chi connectivity index (χ4v) is 1.92. The maximum Gasteiger partial charge on any atom is 0.304 e. The molecule has 4 nitrogen and oxygen atoms in total. The van der Waals surface area contributed by atoms with Gasteiger partial charge < -0.3 is 10.2 Å². The van der Waals surface area contributed by atoms with Gasteiger partial charge in [-0.1, -0.05) is 6.92 Å². The number of rotatable bonds is 6. The summed E-state index contributed by atoms with van der Waals surface area (Å²) in [6, 6.07) is 3.55. The first kappa shape index (κ1) is 14.4. The van der Waals surface area contributed by atoms with Gasteiger partial charge in [-0.3, -0.25) is 9.69 Å². The van der Waals surface area contributed by atoms with Gasteiger partial charge in [0, 0.05) is 18.2 Å². The van der Waals surface area contributed by atoms with Gasteiger partial charge in [0.15, 0.2) is 0 Å². The Labute approximate surface area is 106 Å². The van der Waals surface area contributed by atoms with Crippen molar-refractivity contribution in [2.24, 2.45) is 0 Å². The highest BCUT2D eigenvalue weighted by Gasteiger charge is 2.18. The number of phenols is 1. The van der Waals surface area contributed by atoms with E-state index in [0.29, 0.717) is 18.7 Å². The Morgan fingerprint density at radius 2 is 2.17 bits per heavy atom. The van der Waals surface area contributed by atoms with Gasteiger partial charge in [0.25, 0.3) is 0 Å². The minimum absolute atomic E-state index is 0.0221. The molecular weight excluding hydrogens is 237 g/mol. The molecule has 18 heavy (non-hydrogen) atoms. The molecule has 0 saturated heterocycles. The summed E-state index contributed by atoms with van der Waals surface area (Å²) in [4.78, 5) is 12.4. The first-order valence-corrected chi connectivity index (χ1v) is 5.90. The largest absolute Gasteiger partial charge is 0.508 e. The lowest BCUT2D eigenvalue weighted by Gasteiger charge is -2.28. The molecule has 0 aromatic heterocycles. The monoisotopic (exact) mass is 255 g/mol. The van der Waals surface area contributed by atoms with Crippen molar-refractivity contribution in [2.75, 3.05) is 13.1 Å². The molecular formula is C13H18FNO3. The van der Waals surface area contributed by atoms with Crippen molar-refractivity contribution >= 4 is 5.97 Å². The molecule has 1 rings (SSSR count). The molecule has 0 spiro atoms. The van der Waals surface area contributed by atoms with E-state index in [0.717, 1.165) is 0 Å². The molecule has 1 aromatic carbocycles. The Morgan fingerprint density at radius 3 is 2.72 bits per heavy atom. The SMILES string of the molecule is CCN(CCC(=O)O)C(C)c1cc(F)ccc1O. The van der Waals surface area contributed by atoms with Gasteiger partial charge in [-0.05, 0) is 31.7 Å². The average molecular weight is 255 g/mol. The van der Waals surface area contributed by atoms with Gasteiger partial charge in [0.2, 0.25) is 0 Å². The molecule has 0 aliphatic rings. The molecule has 0 aliphatic carbocycles. The maximum atomic E-state index is 13.2. The van der Waals surface area contributed by atoms with Crippen LogP contribution in [0.25, 0.3) is 0 Å². The van der Waals surface area contributed by atoms with Crippen molar-refractivity contribution in [3.05, 3.63) is 29.6 Å². The molecule has 0 amide bonds. The van der Waals surface area contributed by atoms with E-state index in [1.54, 1.807) is 0 Å². The smallest absolute Gasteiger partial charge is 0.304 e. The van der Waals surface area contributed by atoms with Crippen molar-refractivity contribution < 1.29 is 19.4 Å². The van der Waals surface area contributed by atoms with E-state index in [4.69, 9.17) is 5.11 Å². The van der Waals surface area contributed by atoms with Crippen LogP contribution in [0.3, 0.4) is 0 Å². The molecule has 100 valence electrons. The van der Waals surface area contributed by atoms with Crippen LogP contribution in [0.2, 0.25) is 0 Å². The molecule has 0 aliphatic heterocycles. The Balaban J connectivity index is 2.85. The van der Waals surface area contributed by atoms with Crippen LogP contribution in [0.15, 0.2) is 18.2 Å². The number of nitrogens with zero attached hydrogens (tertiary/aromatic N) is 1. The fraction of sp³-hybridized carbons (Fsp3) is 0.462. The third-order valence-electron chi connectivity index (χ3n) is 3.01. The van der Waals surface area contributed by atoms with Crippen molar-refractivity contribution in [3.8, 4) is 5.75 Å². The Kier molecular flexibility index (Phi) is 5.09. The number of aromatic hydroxyl groups is 1. The standard InChI is InChI=1S/C13H18FNO3/c1-3-15(7-6-13(17)18)9(2)11-8-10(14)4-5-12(11)16/h4-5,8-9,16H,3,6-7H2,1-2H3,(H,17,18). The highest BCUT2D eigenvalue weighted by molar-refractivity contribution is 5.66. The summed E-state index contributed by atoms with van der Waals surface area (Å²) >= 11 is 0. The predicted octanol–water partition coefficient (Wildman–Crippen LogP) is 2.39. The lowest BCUT2D eigenvalue weighted by molar-refractivity contribution is -0.137. The van der Waals surface area contributed by atoms with E-state index in [1.165, 1.54) is 18.2 Å². The van der Waals surface area contributed by atoms with Crippen LogP contribution in [0, 0.1) is 5.82 Å². The summed E-state index contributed by atoms with van der Waals surface area (Å²) < 4.78 is 13.2. The topological polar surface area (TPSA) is 60.8 Å². The second-order valence-electron chi connectivity index (χ2n) is 4.15. The number of halogens is 1. The summed E-state index contributed by atoms with van der Waals surface area (Å²) in [5.41, 5.74) is 0.474. The zero-order valence-electron chi connectivity index (χ0n) is 10.6. The Morgan fingerprint density at radius 1 is 1.50 bits per heavy atom. The quantitative estimate of drug-likeness (QED) is 0.819. The van der Waals surface area contributed by atoms with Crippen molar-refractivity contribution in [3.63, 3.8) is 0 Å². The number of carboxylic acid groups (broad SMARTS) is 1. The zero-order valence-corrected chi connectivity index (χ0v) is 10.6. The van der Waals surface area contributed by atoms with Gasteiger partial charge in [0.1, 0.15) is 11.6 Å². The average Bonchev–Trinajstić information content (AvgIpc) is 2.32. The molecule has 0 heterocycles. The summed E-state index contributed by atoms with van der Waals surface area (Å²) in [5.74, 6) is -1.26. The molecule has 1 atom stereocenters. The van der Waals surface area contributed by atoms with Gasteiger partial charge in [0.05, 0.1) is 6.42 Å². The first-order chi connectivity index (χ1) is 8.45. The zero-order chi connectivity index (χ0) is 13.7. The van der Waals surface area contributed by atoms with E-state index < -0.39 is 11.8 Å². The lowest BCUT2D eigenvalue weighted by Crippen LogP contribution is -2.29. The van der Waals surface area contributed by atoms with Crippen LogP contribution in [0.5, 0.6) is 5.75 Å².